The van der Waals surface area contributed by atoms with Crippen LogP contribution in [0.3, 0.4) is 0 Å². The fourth-order valence-electron chi connectivity index (χ4n) is 2.31. The molecule has 2 amide bonds. The van der Waals surface area contributed by atoms with Crippen molar-refractivity contribution in [1.82, 2.24) is 14.8 Å². The average Bonchev–Trinajstić information content (AvgIpc) is 2.38. The smallest absolute Gasteiger partial charge is 0.319 e. The van der Waals surface area contributed by atoms with Crippen LogP contribution >= 0.6 is 0 Å². The van der Waals surface area contributed by atoms with Crippen LogP contribution in [0, 0.1) is 0 Å². The third-order valence-electron chi connectivity index (χ3n) is 3.46. The fraction of sp³-hybridized carbons (Fsp3) is 0.538. The molecule has 2 rings (SSSR count). The molecule has 1 aliphatic rings. The second kappa shape index (κ2) is 5.98. The van der Waals surface area contributed by atoms with Gasteiger partial charge in [-0.25, -0.2) is 18.2 Å². The monoisotopic (exact) mass is 312 g/mol. The summed E-state index contributed by atoms with van der Waals surface area (Å²) in [5.74, 6) is 0. The maximum absolute atomic E-state index is 12.2. The minimum Gasteiger partial charge on any atom is -0.319 e. The number of urea groups is 1. The summed E-state index contributed by atoms with van der Waals surface area (Å²) in [6.07, 6.45) is 2.45. The number of aromatic nitrogens is 1. The lowest BCUT2D eigenvalue weighted by atomic mass is 10.2. The molecule has 1 unspecified atom stereocenters. The molecule has 7 nitrogen and oxygen atoms in total. The van der Waals surface area contributed by atoms with Crippen LogP contribution in [0.25, 0.3) is 0 Å². The van der Waals surface area contributed by atoms with Gasteiger partial charge in [0.2, 0.25) is 0 Å². The number of anilines is 1. The molecule has 0 aromatic carbocycles. The number of piperazine rings is 1. The van der Waals surface area contributed by atoms with Gasteiger partial charge in [-0.3, -0.25) is 0 Å². The Labute approximate surface area is 124 Å². The molecule has 2 heterocycles. The number of hydrogen-bond donors (Lipinski definition) is 1. The van der Waals surface area contributed by atoms with Crippen LogP contribution in [0.4, 0.5) is 10.5 Å². The fourth-order valence-corrected chi connectivity index (χ4v) is 2.87. The van der Waals surface area contributed by atoms with E-state index in [-0.39, 0.29) is 17.1 Å². The lowest BCUT2D eigenvalue weighted by Gasteiger charge is -2.38. The molecule has 1 saturated heterocycles. The Morgan fingerprint density at radius 2 is 2.10 bits per heavy atom. The first kappa shape index (κ1) is 15.7. The standard InChI is InChI=1S/C13H20N4O3S/c1-10-9-16(2)6-7-17(10)13(18)15-11-4-5-12(14-8-11)21(3,19)20/h4-5,8,10H,6-7,9H2,1-3H3,(H,15,18). The van der Waals surface area contributed by atoms with Crippen molar-refractivity contribution in [2.45, 2.75) is 18.0 Å². The number of sulfone groups is 1. The zero-order valence-electron chi connectivity index (χ0n) is 12.4. The van der Waals surface area contributed by atoms with Crippen LogP contribution in [-0.2, 0) is 9.84 Å². The predicted molar refractivity (Wildman–Crippen MR) is 80.0 cm³/mol. The summed E-state index contributed by atoms with van der Waals surface area (Å²) in [5, 5.41) is 2.74. The largest absolute Gasteiger partial charge is 0.322 e. The molecular weight excluding hydrogens is 292 g/mol. The quantitative estimate of drug-likeness (QED) is 0.867. The van der Waals surface area contributed by atoms with Crippen molar-refractivity contribution >= 4 is 21.6 Å². The molecule has 0 aliphatic carbocycles. The van der Waals surface area contributed by atoms with Gasteiger partial charge in [-0.1, -0.05) is 0 Å². The average molecular weight is 312 g/mol. The van der Waals surface area contributed by atoms with Gasteiger partial charge in [-0.05, 0) is 26.1 Å². The van der Waals surface area contributed by atoms with Crippen LogP contribution in [0.1, 0.15) is 6.92 Å². The van der Waals surface area contributed by atoms with E-state index in [1.807, 2.05) is 14.0 Å². The summed E-state index contributed by atoms with van der Waals surface area (Å²) in [4.78, 5) is 20.0. The topological polar surface area (TPSA) is 82.6 Å². The number of likely N-dealkylation sites (N-methyl/N-ethyl adjacent to an activating group) is 1. The lowest BCUT2D eigenvalue weighted by Crippen LogP contribution is -2.53. The van der Waals surface area contributed by atoms with E-state index in [0.29, 0.717) is 12.2 Å². The molecule has 1 atom stereocenters. The Morgan fingerprint density at radius 1 is 1.38 bits per heavy atom. The Bertz CT molecular complexity index is 615. The van der Waals surface area contributed by atoms with Crippen LogP contribution in [-0.4, -0.2) is 68.2 Å². The van der Waals surface area contributed by atoms with Crippen LogP contribution in [0.2, 0.25) is 0 Å². The lowest BCUT2D eigenvalue weighted by molar-refractivity contribution is 0.125. The molecule has 1 aliphatic heterocycles. The van der Waals surface area contributed by atoms with Crippen LogP contribution < -0.4 is 5.32 Å². The number of nitrogens with zero attached hydrogens (tertiary/aromatic N) is 3. The van der Waals surface area contributed by atoms with Crippen molar-refractivity contribution in [3.05, 3.63) is 18.3 Å². The number of hydrogen-bond acceptors (Lipinski definition) is 5. The summed E-state index contributed by atoms with van der Waals surface area (Å²) in [7, 11) is -1.30. The van der Waals surface area contributed by atoms with Crippen molar-refractivity contribution < 1.29 is 13.2 Å². The summed E-state index contributed by atoms with van der Waals surface area (Å²) in [6.45, 7) is 4.33. The molecule has 1 N–H and O–H groups in total. The zero-order valence-corrected chi connectivity index (χ0v) is 13.2. The van der Waals surface area contributed by atoms with Crippen LogP contribution in [0.15, 0.2) is 23.4 Å². The first-order valence-corrected chi connectivity index (χ1v) is 8.59. The molecular formula is C13H20N4O3S. The minimum atomic E-state index is -3.32. The summed E-state index contributed by atoms with van der Waals surface area (Å²) < 4.78 is 22.6. The van der Waals surface area contributed by atoms with E-state index < -0.39 is 9.84 Å². The van der Waals surface area contributed by atoms with E-state index in [4.69, 9.17) is 0 Å². The molecule has 0 saturated carbocycles. The number of amides is 2. The predicted octanol–water partition coefficient (Wildman–Crippen LogP) is 0.653. The first-order chi connectivity index (χ1) is 9.77. The molecule has 8 heteroatoms. The van der Waals surface area contributed by atoms with Gasteiger partial charge < -0.3 is 15.1 Å². The van der Waals surface area contributed by atoms with Crippen molar-refractivity contribution in [3.63, 3.8) is 0 Å². The van der Waals surface area contributed by atoms with Gasteiger partial charge in [-0.2, -0.15) is 0 Å². The van der Waals surface area contributed by atoms with Crippen molar-refractivity contribution in [2.24, 2.45) is 0 Å². The Kier molecular flexibility index (Phi) is 4.48. The van der Waals surface area contributed by atoms with Gasteiger partial charge in [0.25, 0.3) is 0 Å². The highest BCUT2D eigenvalue weighted by atomic mass is 32.2. The van der Waals surface area contributed by atoms with E-state index in [1.54, 1.807) is 11.0 Å². The maximum Gasteiger partial charge on any atom is 0.322 e. The number of pyridine rings is 1. The number of nitrogens with one attached hydrogen (secondary N) is 1. The highest BCUT2D eigenvalue weighted by molar-refractivity contribution is 7.90. The molecule has 21 heavy (non-hydrogen) atoms. The molecule has 0 spiro atoms. The van der Waals surface area contributed by atoms with Gasteiger partial charge in [-0.15, -0.1) is 0 Å². The van der Waals surface area contributed by atoms with E-state index in [0.717, 1.165) is 19.3 Å². The molecule has 1 aromatic heterocycles. The van der Waals surface area contributed by atoms with Crippen molar-refractivity contribution in [3.8, 4) is 0 Å². The first-order valence-electron chi connectivity index (χ1n) is 6.69. The normalized spacial score (nSPS) is 20.3. The Balaban J connectivity index is 2.03. The van der Waals surface area contributed by atoms with E-state index in [1.165, 1.54) is 12.3 Å². The third-order valence-corrected chi connectivity index (χ3v) is 4.46. The van der Waals surface area contributed by atoms with Gasteiger partial charge in [0.15, 0.2) is 14.9 Å². The second-order valence-electron chi connectivity index (χ2n) is 5.39. The molecule has 0 bridgehead atoms. The summed E-state index contributed by atoms with van der Waals surface area (Å²) in [5.41, 5.74) is 0.485. The molecule has 1 aromatic rings. The third kappa shape index (κ3) is 3.92. The van der Waals surface area contributed by atoms with E-state index in [9.17, 15) is 13.2 Å². The number of carbonyl (C=O) groups is 1. The van der Waals surface area contributed by atoms with Crippen molar-refractivity contribution in [1.29, 1.82) is 0 Å². The van der Waals surface area contributed by atoms with Gasteiger partial charge in [0, 0.05) is 31.9 Å². The second-order valence-corrected chi connectivity index (χ2v) is 7.35. The minimum absolute atomic E-state index is 0.00605. The van der Waals surface area contributed by atoms with Gasteiger partial charge in [0.05, 0.1) is 11.9 Å². The zero-order chi connectivity index (χ0) is 15.6. The highest BCUT2D eigenvalue weighted by Crippen LogP contribution is 2.13. The molecule has 116 valence electrons. The Hall–Kier alpha value is -1.67. The van der Waals surface area contributed by atoms with Crippen LogP contribution in [0.5, 0.6) is 0 Å². The summed E-state index contributed by atoms with van der Waals surface area (Å²) in [6, 6.07) is 2.87. The number of rotatable bonds is 2. The number of carbonyl (C=O) groups excluding carboxylic acids is 1. The highest BCUT2D eigenvalue weighted by Gasteiger charge is 2.25. The maximum atomic E-state index is 12.2. The van der Waals surface area contributed by atoms with E-state index in [2.05, 4.69) is 15.2 Å². The SMILES string of the molecule is CC1CN(C)CCN1C(=O)Nc1ccc(S(C)(=O)=O)nc1. The van der Waals surface area contributed by atoms with E-state index >= 15 is 0 Å². The summed E-state index contributed by atoms with van der Waals surface area (Å²) >= 11 is 0. The van der Waals surface area contributed by atoms with Crippen molar-refractivity contribution in [2.75, 3.05) is 38.3 Å². The van der Waals surface area contributed by atoms with Gasteiger partial charge >= 0.3 is 6.03 Å². The van der Waals surface area contributed by atoms with Gasteiger partial charge in [0.1, 0.15) is 0 Å². The molecule has 1 fully saturated rings. The Morgan fingerprint density at radius 3 is 2.62 bits per heavy atom. The molecule has 0 radical (unpaired) electrons.